The molecule has 2 aromatic carbocycles. The van der Waals surface area contributed by atoms with Gasteiger partial charge in [0, 0.05) is 18.7 Å². The van der Waals surface area contributed by atoms with E-state index in [9.17, 15) is 22.4 Å². The smallest absolute Gasteiger partial charge is 0.290 e. The van der Waals surface area contributed by atoms with Crippen molar-refractivity contribution in [2.24, 2.45) is 0 Å². The molecule has 6 nitrogen and oxygen atoms in total. The quantitative estimate of drug-likeness (QED) is 0.654. The number of carbonyl (C=O) groups excluding carboxylic acids is 1. The second-order valence-electron chi connectivity index (χ2n) is 7.09. The van der Waals surface area contributed by atoms with Crippen molar-refractivity contribution in [3.8, 4) is 0 Å². The van der Waals surface area contributed by atoms with Crippen LogP contribution in [0.25, 0.3) is 11.0 Å². The van der Waals surface area contributed by atoms with Crippen molar-refractivity contribution >= 4 is 26.7 Å². The molecule has 0 N–H and O–H groups in total. The van der Waals surface area contributed by atoms with Crippen LogP contribution in [-0.2, 0) is 16.4 Å². The molecular weight excluding hydrogens is 397 g/mol. The summed E-state index contributed by atoms with van der Waals surface area (Å²) < 4.78 is 42.8. The van der Waals surface area contributed by atoms with Gasteiger partial charge in [0.2, 0.25) is 0 Å². The third-order valence-corrected chi connectivity index (χ3v) is 6.77. The van der Waals surface area contributed by atoms with Crippen LogP contribution < -0.4 is 5.43 Å². The van der Waals surface area contributed by atoms with Gasteiger partial charge in [0.25, 0.3) is 5.91 Å². The Morgan fingerprint density at radius 2 is 1.86 bits per heavy atom. The van der Waals surface area contributed by atoms with Gasteiger partial charge in [0.15, 0.2) is 21.0 Å². The zero-order chi connectivity index (χ0) is 20.6. The summed E-state index contributed by atoms with van der Waals surface area (Å²) in [6, 6.07) is 12.8. The lowest BCUT2D eigenvalue weighted by Crippen LogP contribution is -2.40. The molecule has 8 heteroatoms. The molecule has 0 aliphatic carbocycles. The number of para-hydroxylation sites is 1. The summed E-state index contributed by atoms with van der Waals surface area (Å²) in [6.07, 6.45) is 0.299. The molecule has 3 aromatic rings. The monoisotopic (exact) mass is 415 g/mol. The average molecular weight is 415 g/mol. The van der Waals surface area contributed by atoms with Crippen LogP contribution in [0.3, 0.4) is 0 Å². The van der Waals surface area contributed by atoms with Crippen molar-refractivity contribution < 1.29 is 22.0 Å². The fraction of sp³-hybridized carbons (Fsp3) is 0.238. The van der Waals surface area contributed by atoms with E-state index in [0.717, 1.165) is 6.07 Å². The summed E-state index contributed by atoms with van der Waals surface area (Å²) in [7, 11) is -3.24. The van der Waals surface area contributed by atoms with Crippen molar-refractivity contribution in [1.29, 1.82) is 0 Å². The summed E-state index contributed by atoms with van der Waals surface area (Å²) in [5, 5.41) is 0.359. The molecule has 150 valence electrons. The molecule has 4 rings (SSSR count). The standard InChI is InChI=1S/C21H18FNO5S/c22-15-7-5-14(6-8-15)12-23(16-9-10-29(26,27)13-16)21(25)20-11-18(24)17-3-1-2-4-19(17)28-20/h1-8,11,16H,9-10,12-13H2. The van der Waals surface area contributed by atoms with Crippen LogP contribution in [0.5, 0.6) is 0 Å². The van der Waals surface area contributed by atoms with Crippen molar-refractivity contribution in [3.05, 3.63) is 82.0 Å². The maximum absolute atomic E-state index is 13.2. The summed E-state index contributed by atoms with van der Waals surface area (Å²) in [4.78, 5) is 27.0. The molecule has 1 saturated heterocycles. The van der Waals surface area contributed by atoms with Crippen molar-refractivity contribution in [2.45, 2.75) is 19.0 Å². The number of fused-ring (bicyclic) bond motifs is 1. The second kappa shape index (κ2) is 7.44. The molecule has 0 bridgehead atoms. The predicted octanol–water partition coefficient (Wildman–Crippen LogP) is 2.76. The molecular formula is C21H18FNO5S. The van der Waals surface area contributed by atoms with Gasteiger partial charge in [-0.15, -0.1) is 0 Å². The van der Waals surface area contributed by atoms with Gasteiger partial charge in [-0.05, 0) is 36.2 Å². The highest BCUT2D eigenvalue weighted by Crippen LogP contribution is 2.23. The molecule has 1 aliphatic rings. The van der Waals surface area contributed by atoms with Gasteiger partial charge < -0.3 is 9.32 Å². The van der Waals surface area contributed by atoms with Crippen LogP contribution in [0, 0.1) is 5.82 Å². The molecule has 1 aromatic heterocycles. The first-order chi connectivity index (χ1) is 13.8. The molecule has 1 atom stereocenters. The molecule has 1 amide bonds. The molecule has 29 heavy (non-hydrogen) atoms. The Morgan fingerprint density at radius 1 is 1.14 bits per heavy atom. The first-order valence-electron chi connectivity index (χ1n) is 9.11. The summed E-state index contributed by atoms with van der Waals surface area (Å²) in [5.74, 6) is -1.29. The van der Waals surface area contributed by atoms with Gasteiger partial charge in [-0.2, -0.15) is 0 Å². The molecule has 0 saturated carbocycles. The van der Waals surface area contributed by atoms with E-state index in [4.69, 9.17) is 4.42 Å². The van der Waals surface area contributed by atoms with E-state index in [1.54, 1.807) is 24.3 Å². The number of benzene rings is 2. The van der Waals surface area contributed by atoms with E-state index in [-0.39, 0.29) is 34.8 Å². The summed E-state index contributed by atoms with van der Waals surface area (Å²) in [5.41, 5.74) is 0.576. The van der Waals surface area contributed by atoms with E-state index in [1.807, 2.05) is 0 Å². The van der Waals surface area contributed by atoms with Crippen LogP contribution >= 0.6 is 0 Å². The SMILES string of the molecule is O=C(c1cc(=O)c2ccccc2o1)N(Cc1ccc(F)cc1)C1CCS(=O)(=O)C1. The van der Waals surface area contributed by atoms with E-state index >= 15 is 0 Å². The molecule has 0 radical (unpaired) electrons. The summed E-state index contributed by atoms with van der Waals surface area (Å²) >= 11 is 0. The highest BCUT2D eigenvalue weighted by atomic mass is 32.2. The Balaban J connectivity index is 1.72. The number of rotatable bonds is 4. The highest BCUT2D eigenvalue weighted by molar-refractivity contribution is 7.91. The van der Waals surface area contributed by atoms with Crippen molar-refractivity contribution in [1.82, 2.24) is 4.90 Å². The lowest BCUT2D eigenvalue weighted by atomic mass is 10.1. The normalized spacial score (nSPS) is 18.0. The topological polar surface area (TPSA) is 84.7 Å². The Kier molecular flexibility index (Phi) is 4.96. The lowest BCUT2D eigenvalue weighted by molar-refractivity contribution is 0.0648. The molecule has 2 heterocycles. The fourth-order valence-electron chi connectivity index (χ4n) is 3.53. The number of carbonyl (C=O) groups is 1. The average Bonchev–Trinajstić information content (AvgIpc) is 3.06. The Bertz CT molecular complexity index is 1230. The molecule has 0 spiro atoms. The number of sulfone groups is 1. The predicted molar refractivity (Wildman–Crippen MR) is 106 cm³/mol. The molecule has 1 aliphatic heterocycles. The van der Waals surface area contributed by atoms with Crippen LogP contribution in [-0.4, -0.2) is 36.8 Å². The fourth-order valence-corrected chi connectivity index (χ4v) is 5.26. The van der Waals surface area contributed by atoms with E-state index in [1.165, 1.54) is 29.2 Å². The zero-order valence-electron chi connectivity index (χ0n) is 15.4. The van der Waals surface area contributed by atoms with Gasteiger partial charge in [-0.3, -0.25) is 9.59 Å². The third kappa shape index (κ3) is 4.07. The molecule has 1 fully saturated rings. The van der Waals surface area contributed by atoms with Crippen LogP contribution in [0.15, 0.2) is 63.8 Å². The van der Waals surface area contributed by atoms with E-state index in [0.29, 0.717) is 17.4 Å². The number of halogens is 1. The Hall–Kier alpha value is -3.00. The number of amides is 1. The van der Waals surface area contributed by atoms with Gasteiger partial charge in [-0.1, -0.05) is 24.3 Å². The highest BCUT2D eigenvalue weighted by Gasteiger charge is 2.36. The summed E-state index contributed by atoms with van der Waals surface area (Å²) in [6.45, 7) is 0.0792. The minimum atomic E-state index is -3.24. The zero-order valence-corrected chi connectivity index (χ0v) is 16.2. The van der Waals surface area contributed by atoms with Crippen LogP contribution in [0.1, 0.15) is 22.5 Å². The largest absolute Gasteiger partial charge is 0.451 e. The van der Waals surface area contributed by atoms with Crippen LogP contribution in [0.4, 0.5) is 4.39 Å². The first kappa shape index (κ1) is 19.3. The van der Waals surface area contributed by atoms with Gasteiger partial charge in [0.1, 0.15) is 11.4 Å². The third-order valence-electron chi connectivity index (χ3n) is 5.02. The van der Waals surface area contributed by atoms with E-state index < -0.39 is 27.6 Å². The lowest BCUT2D eigenvalue weighted by Gasteiger charge is -2.28. The number of hydrogen-bond acceptors (Lipinski definition) is 5. The first-order valence-corrected chi connectivity index (χ1v) is 10.9. The Morgan fingerprint density at radius 3 is 2.55 bits per heavy atom. The van der Waals surface area contributed by atoms with E-state index in [2.05, 4.69) is 0 Å². The second-order valence-corrected chi connectivity index (χ2v) is 9.32. The van der Waals surface area contributed by atoms with Crippen LogP contribution in [0.2, 0.25) is 0 Å². The molecule has 1 unspecified atom stereocenters. The van der Waals surface area contributed by atoms with Gasteiger partial charge in [0.05, 0.1) is 16.9 Å². The van der Waals surface area contributed by atoms with Crippen molar-refractivity contribution in [2.75, 3.05) is 11.5 Å². The number of nitrogens with zero attached hydrogens (tertiary/aromatic N) is 1. The maximum Gasteiger partial charge on any atom is 0.290 e. The number of hydrogen-bond donors (Lipinski definition) is 0. The maximum atomic E-state index is 13.2. The van der Waals surface area contributed by atoms with Crippen molar-refractivity contribution in [3.63, 3.8) is 0 Å². The minimum absolute atomic E-state index is 0.00741. The van der Waals surface area contributed by atoms with Gasteiger partial charge in [-0.25, -0.2) is 12.8 Å². The minimum Gasteiger partial charge on any atom is -0.451 e. The van der Waals surface area contributed by atoms with Gasteiger partial charge >= 0.3 is 0 Å². The Labute approximate surface area is 166 Å².